The normalized spacial score (nSPS) is 20.0. The summed E-state index contributed by atoms with van der Waals surface area (Å²) >= 11 is 3.03. The zero-order valence-electron chi connectivity index (χ0n) is 22.7. The lowest BCUT2D eigenvalue weighted by Gasteiger charge is -2.36. The monoisotopic (exact) mass is 546 g/mol. The average Bonchev–Trinajstić information content (AvgIpc) is 3.22. The molecule has 0 bridgehead atoms. The molecule has 2 N–H and O–H groups in total. The van der Waals surface area contributed by atoms with Crippen LogP contribution in [-0.2, 0) is 28.9 Å². The number of amides is 2. The van der Waals surface area contributed by atoms with Crippen molar-refractivity contribution in [2.24, 2.45) is 11.3 Å². The molecule has 0 saturated carbocycles. The summed E-state index contributed by atoms with van der Waals surface area (Å²) < 4.78 is 6.99. The number of thiophene rings is 1. The highest BCUT2D eigenvalue weighted by Crippen LogP contribution is 2.44. The van der Waals surface area contributed by atoms with Crippen LogP contribution in [0, 0.1) is 11.3 Å². The second-order valence-corrected chi connectivity index (χ2v) is 12.6. The van der Waals surface area contributed by atoms with E-state index in [-0.39, 0.29) is 23.6 Å². The van der Waals surface area contributed by atoms with Crippen molar-refractivity contribution >= 4 is 45.3 Å². The minimum absolute atomic E-state index is 0.0161. The largest absolute Gasteiger partial charge is 0.463 e. The Labute approximate surface area is 226 Å². The molecule has 1 aliphatic carbocycles. The number of fused-ring (bicyclic) bond motifs is 3. The Morgan fingerprint density at radius 2 is 2.03 bits per heavy atom. The molecule has 0 aromatic carbocycles. The van der Waals surface area contributed by atoms with E-state index in [1.54, 1.807) is 29.8 Å². The SMILES string of the molecule is CCCn1c(SCC2=C(C(=O)OCC)[C@H](C)NC(=O)N2)nc2sc3c(c2c1=O)CC[C@@H](C(C)(C)CC)C3. The van der Waals surface area contributed by atoms with Crippen molar-refractivity contribution in [3.63, 3.8) is 0 Å². The van der Waals surface area contributed by atoms with Gasteiger partial charge in [0.15, 0.2) is 5.16 Å². The first-order chi connectivity index (χ1) is 17.6. The van der Waals surface area contributed by atoms with E-state index >= 15 is 0 Å². The molecule has 8 nitrogen and oxygen atoms in total. The predicted octanol–water partition coefficient (Wildman–Crippen LogP) is 5.02. The van der Waals surface area contributed by atoms with Crippen molar-refractivity contribution < 1.29 is 14.3 Å². The molecule has 0 fully saturated rings. The fourth-order valence-electron chi connectivity index (χ4n) is 5.26. The van der Waals surface area contributed by atoms with E-state index in [4.69, 9.17) is 9.72 Å². The highest BCUT2D eigenvalue weighted by molar-refractivity contribution is 7.99. The second-order valence-electron chi connectivity index (χ2n) is 10.5. The number of ether oxygens (including phenoxy) is 1. The summed E-state index contributed by atoms with van der Waals surface area (Å²) in [7, 11) is 0. The van der Waals surface area contributed by atoms with Gasteiger partial charge >= 0.3 is 12.0 Å². The Bertz CT molecular complexity index is 1290. The van der Waals surface area contributed by atoms with E-state index in [9.17, 15) is 14.4 Å². The molecule has 2 aromatic heterocycles. The third kappa shape index (κ3) is 5.46. The Morgan fingerprint density at radius 1 is 1.27 bits per heavy atom. The minimum atomic E-state index is -0.471. The predicted molar refractivity (Wildman–Crippen MR) is 149 cm³/mol. The summed E-state index contributed by atoms with van der Waals surface area (Å²) in [6.45, 7) is 13.3. The number of urea groups is 1. The Morgan fingerprint density at radius 3 is 2.70 bits per heavy atom. The Balaban J connectivity index is 1.71. The topological polar surface area (TPSA) is 102 Å². The molecular formula is C27H38N4O4S2. The summed E-state index contributed by atoms with van der Waals surface area (Å²) in [5.74, 6) is 0.442. The lowest BCUT2D eigenvalue weighted by atomic mass is 9.70. The van der Waals surface area contributed by atoms with E-state index in [0.717, 1.165) is 42.3 Å². The maximum Gasteiger partial charge on any atom is 0.337 e. The molecule has 202 valence electrons. The number of aryl methyl sites for hydroxylation is 1. The maximum absolute atomic E-state index is 13.8. The second kappa shape index (κ2) is 11.2. The Hall–Kier alpha value is -2.33. The van der Waals surface area contributed by atoms with E-state index in [1.165, 1.54) is 22.2 Å². The molecular weight excluding hydrogens is 508 g/mol. The van der Waals surface area contributed by atoms with Crippen LogP contribution in [0.4, 0.5) is 4.79 Å². The van der Waals surface area contributed by atoms with Crippen LogP contribution in [0.15, 0.2) is 21.2 Å². The quantitative estimate of drug-likeness (QED) is 0.260. The van der Waals surface area contributed by atoms with Crippen LogP contribution in [0.2, 0.25) is 0 Å². The van der Waals surface area contributed by atoms with Crippen LogP contribution in [0.25, 0.3) is 10.2 Å². The zero-order chi connectivity index (χ0) is 26.9. The molecule has 2 aromatic rings. The molecule has 0 unspecified atom stereocenters. The number of esters is 1. The molecule has 1 aliphatic heterocycles. The number of aromatic nitrogens is 2. The molecule has 2 atom stereocenters. The average molecular weight is 547 g/mol. The molecule has 10 heteroatoms. The molecule has 37 heavy (non-hydrogen) atoms. The third-order valence-electron chi connectivity index (χ3n) is 7.81. The van der Waals surface area contributed by atoms with Gasteiger partial charge in [-0.05, 0) is 56.4 Å². The molecule has 4 rings (SSSR count). The first-order valence-corrected chi connectivity index (χ1v) is 15.1. The van der Waals surface area contributed by atoms with E-state index < -0.39 is 12.0 Å². The number of nitrogens with one attached hydrogen (secondary N) is 2. The van der Waals surface area contributed by atoms with Gasteiger partial charge in [-0.1, -0.05) is 45.9 Å². The van der Waals surface area contributed by atoms with Crippen LogP contribution >= 0.6 is 23.1 Å². The van der Waals surface area contributed by atoms with E-state index in [2.05, 4.69) is 31.4 Å². The van der Waals surface area contributed by atoms with Crippen molar-refractivity contribution in [2.45, 2.75) is 91.4 Å². The lowest BCUT2D eigenvalue weighted by Crippen LogP contribution is -2.49. The summed E-state index contributed by atoms with van der Waals surface area (Å²) in [4.78, 5) is 45.6. The standard InChI is InChI=1S/C27H38N4O4S2/c1-7-12-31-23(32)21-17-11-10-16(27(5,6)8-2)13-19(17)37-22(21)30-26(31)36-14-18-20(24(33)35-9-3)15(4)28-25(34)29-18/h15-16H,7-14H2,1-6H3,(H2,28,29,34)/t15-,16+/m0/s1. The number of hydrogen-bond donors (Lipinski definition) is 2. The number of thioether (sulfide) groups is 1. The molecule has 0 radical (unpaired) electrons. The van der Waals surface area contributed by atoms with Crippen molar-refractivity contribution in [2.75, 3.05) is 12.4 Å². The summed E-state index contributed by atoms with van der Waals surface area (Å²) in [5.41, 5.74) is 2.37. The van der Waals surface area contributed by atoms with Gasteiger partial charge in [0, 0.05) is 22.9 Å². The van der Waals surface area contributed by atoms with E-state index in [1.807, 2.05) is 6.92 Å². The molecule has 2 aliphatic rings. The maximum atomic E-state index is 13.8. The number of nitrogens with zero attached hydrogens (tertiary/aromatic N) is 2. The Kier molecular flexibility index (Phi) is 8.38. The molecule has 0 saturated heterocycles. The van der Waals surface area contributed by atoms with Crippen LogP contribution in [-0.4, -0.2) is 40.0 Å². The van der Waals surface area contributed by atoms with Crippen molar-refractivity contribution in [1.82, 2.24) is 20.2 Å². The number of carbonyl (C=O) groups excluding carboxylic acids is 2. The van der Waals surface area contributed by atoms with Gasteiger partial charge in [-0.25, -0.2) is 14.6 Å². The highest BCUT2D eigenvalue weighted by Gasteiger charge is 2.34. The first-order valence-electron chi connectivity index (χ1n) is 13.3. The molecule has 3 heterocycles. The number of hydrogen-bond acceptors (Lipinski definition) is 7. The van der Waals surface area contributed by atoms with Crippen molar-refractivity contribution in [3.05, 3.63) is 32.1 Å². The first kappa shape index (κ1) is 27.7. The third-order valence-corrected chi connectivity index (χ3v) is 9.96. The van der Waals surface area contributed by atoms with Crippen LogP contribution < -0.4 is 16.2 Å². The van der Waals surface area contributed by atoms with Crippen LogP contribution in [0.3, 0.4) is 0 Å². The van der Waals surface area contributed by atoms with Gasteiger partial charge < -0.3 is 15.4 Å². The summed E-state index contributed by atoms with van der Waals surface area (Å²) in [5, 5.41) is 6.88. The van der Waals surface area contributed by atoms with Gasteiger partial charge in [0.25, 0.3) is 5.56 Å². The fourth-order valence-corrected chi connectivity index (χ4v) is 7.59. The lowest BCUT2D eigenvalue weighted by molar-refractivity contribution is -0.138. The number of rotatable bonds is 9. The molecule has 0 spiro atoms. The zero-order valence-corrected chi connectivity index (χ0v) is 24.3. The summed E-state index contributed by atoms with van der Waals surface area (Å²) in [6.07, 6.45) is 4.95. The smallest absolute Gasteiger partial charge is 0.337 e. The highest BCUT2D eigenvalue weighted by atomic mass is 32.2. The van der Waals surface area contributed by atoms with Crippen LogP contribution in [0.1, 0.15) is 71.2 Å². The summed E-state index contributed by atoms with van der Waals surface area (Å²) in [6, 6.07) is -0.831. The fraction of sp³-hybridized carbons (Fsp3) is 0.630. The van der Waals surface area contributed by atoms with Gasteiger partial charge in [0.1, 0.15) is 4.83 Å². The van der Waals surface area contributed by atoms with E-state index in [0.29, 0.717) is 34.6 Å². The van der Waals surface area contributed by atoms with Gasteiger partial charge in [-0.3, -0.25) is 9.36 Å². The molecule has 2 amide bonds. The van der Waals surface area contributed by atoms with Gasteiger partial charge in [0.05, 0.1) is 23.6 Å². The van der Waals surface area contributed by atoms with Crippen LogP contribution in [0.5, 0.6) is 0 Å². The minimum Gasteiger partial charge on any atom is -0.463 e. The number of carbonyl (C=O) groups is 2. The van der Waals surface area contributed by atoms with Gasteiger partial charge in [-0.2, -0.15) is 0 Å². The van der Waals surface area contributed by atoms with Crippen molar-refractivity contribution in [1.29, 1.82) is 0 Å². The van der Waals surface area contributed by atoms with Gasteiger partial charge in [-0.15, -0.1) is 11.3 Å². The van der Waals surface area contributed by atoms with Gasteiger partial charge in [0.2, 0.25) is 0 Å². The van der Waals surface area contributed by atoms with Crippen molar-refractivity contribution in [3.8, 4) is 0 Å².